The van der Waals surface area contributed by atoms with Gasteiger partial charge < -0.3 is 4.74 Å². The van der Waals surface area contributed by atoms with Crippen molar-refractivity contribution in [1.82, 2.24) is 0 Å². The van der Waals surface area contributed by atoms with E-state index in [1.54, 1.807) is 6.07 Å². The minimum Gasteiger partial charge on any atom is -0.492 e. The van der Waals surface area contributed by atoms with Crippen molar-refractivity contribution in [3.05, 3.63) is 28.3 Å². The number of hydrogen-bond donors (Lipinski definition) is 0. The molecule has 0 bridgehead atoms. The van der Waals surface area contributed by atoms with E-state index >= 15 is 0 Å². The van der Waals surface area contributed by atoms with Crippen molar-refractivity contribution in [3.8, 4) is 5.75 Å². The fourth-order valence-corrected chi connectivity index (χ4v) is 3.26. The molecule has 3 heteroatoms. The summed E-state index contributed by atoms with van der Waals surface area (Å²) in [4.78, 5) is 12.5. The smallest absolute Gasteiger partial charge is 0.166 e. The van der Waals surface area contributed by atoms with Gasteiger partial charge in [-0.15, -0.1) is 0 Å². The quantitative estimate of drug-likeness (QED) is 0.737. The van der Waals surface area contributed by atoms with Crippen LogP contribution in [-0.4, -0.2) is 12.4 Å². The van der Waals surface area contributed by atoms with E-state index in [2.05, 4.69) is 27.7 Å². The van der Waals surface area contributed by atoms with Gasteiger partial charge in [0, 0.05) is 17.9 Å². The minimum absolute atomic E-state index is 0.141. The van der Waals surface area contributed by atoms with Crippen LogP contribution in [0.3, 0.4) is 0 Å². The van der Waals surface area contributed by atoms with E-state index in [0.29, 0.717) is 29.5 Å². The summed E-state index contributed by atoms with van der Waals surface area (Å²) in [5.41, 5.74) is 1.96. The molecular formula is C17H23ClO2. The Labute approximate surface area is 126 Å². The summed E-state index contributed by atoms with van der Waals surface area (Å²) < 4.78 is 5.61. The number of ether oxygens (including phenoxy) is 1. The van der Waals surface area contributed by atoms with Gasteiger partial charge in [-0.05, 0) is 35.4 Å². The summed E-state index contributed by atoms with van der Waals surface area (Å²) in [6.07, 6.45) is 2.42. The lowest BCUT2D eigenvalue weighted by Crippen LogP contribution is -2.14. The zero-order valence-corrected chi connectivity index (χ0v) is 13.5. The molecule has 0 saturated heterocycles. The third kappa shape index (κ3) is 3.76. The molecule has 0 amide bonds. The molecule has 1 aliphatic heterocycles. The fraction of sp³-hybridized carbons (Fsp3) is 0.588. The van der Waals surface area contributed by atoms with Gasteiger partial charge in [-0.2, -0.15) is 0 Å². The Balaban J connectivity index is 2.14. The number of ketones is 1. The summed E-state index contributed by atoms with van der Waals surface area (Å²) in [6, 6.07) is 3.65. The standard InChI is InChI=1S/C17H23ClO2/c1-11(10-17(2,3)4)7-15(19)14-9-13(18)8-12-5-6-20-16(12)14/h8-9,11H,5-7,10H2,1-4H3. The number of hydrogen-bond acceptors (Lipinski definition) is 2. The molecule has 0 spiro atoms. The van der Waals surface area contributed by atoms with Crippen molar-refractivity contribution < 1.29 is 9.53 Å². The molecule has 110 valence electrons. The summed E-state index contributed by atoms with van der Waals surface area (Å²) in [7, 11) is 0. The Bertz CT molecular complexity index is 514. The summed E-state index contributed by atoms with van der Waals surface area (Å²) in [5, 5.41) is 0.626. The van der Waals surface area contributed by atoms with Gasteiger partial charge >= 0.3 is 0 Å². The van der Waals surface area contributed by atoms with Crippen molar-refractivity contribution in [2.45, 2.75) is 47.0 Å². The first-order valence-electron chi connectivity index (χ1n) is 7.25. The zero-order chi connectivity index (χ0) is 14.9. The fourth-order valence-electron chi connectivity index (χ4n) is 3.02. The van der Waals surface area contributed by atoms with E-state index in [1.165, 1.54) is 0 Å². The summed E-state index contributed by atoms with van der Waals surface area (Å²) in [5.74, 6) is 1.25. The highest BCUT2D eigenvalue weighted by atomic mass is 35.5. The summed E-state index contributed by atoms with van der Waals surface area (Å²) in [6.45, 7) is 9.39. The van der Waals surface area contributed by atoms with Gasteiger partial charge in [-0.25, -0.2) is 0 Å². The Morgan fingerprint density at radius 3 is 2.75 bits per heavy atom. The van der Waals surface area contributed by atoms with Crippen LogP contribution in [0.5, 0.6) is 5.75 Å². The summed E-state index contributed by atoms with van der Waals surface area (Å²) >= 11 is 6.11. The maximum Gasteiger partial charge on any atom is 0.166 e. The lowest BCUT2D eigenvalue weighted by atomic mass is 9.83. The number of carbonyl (C=O) groups is 1. The van der Waals surface area contributed by atoms with Crippen molar-refractivity contribution in [1.29, 1.82) is 0 Å². The molecule has 0 aromatic heterocycles. The van der Waals surface area contributed by atoms with Gasteiger partial charge in [0.2, 0.25) is 0 Å². The van der Waals surface area contributed by atoms with Gasteiger partial charge in [0.05, 0.1) is 12.2 Å². The number of fused-ring (bicyclic) bond motifs is 1. The average molecular weight is 295 g/mol. The van der Waals surface area contributed by atoms with E-state index in [0.717, 1.165) is 24.2 Å². The molecule has 1 heterocycles. The predicted octanol–water partition coefficient (Wildman–Crippen LogP) is 4.92. The first-order chi connectivity index (χ1) is 9.26. The van der Waals surface area contributed by atoms with E-state index in [1.807, 2.05) is 6.07 Å². The van der Waals surface area contributed by atoms with Crippen molar-refractivity contribution in [3.63, 3.8) is 0 Å². The first kappa shape index (κ1) is 15.4. The molecule has 2 nitrogen and oxygen atoms in total. The van der Waals surface area contributed by atoms with Crippen molar-refractivity contribution >= 4 is 17.4 Å². The molecule has 1 atom stereocenters. The van der Waals surface area contributed by atoms with Gasteiger partial charge in [0.1, 0.15) is 5.75 Å². The number of rotatable bonds is 4. The van der Waals surface area contributed by atoms with Gasteiger partial charge in [-0.3, -0.25) is 4.79 Å². The highest BCUT2D eigenvalue weighted by molar-refractivity contribution is 6.31. The van der Waals surface area contributed by atoms with Gasteiger partial charge in [0.15, 0.2) is 5.78 Å². The van der Waals surface area contributed by atoms with Crippen molar-refractivity contribution in [2.24, 2.45) is 11.3 Å². The minimum atomic E-state index is 0.141. The topological polar surface area (TPSA) is 26.3 Å². The molecule has 0 aliphatic carbocycles. The molecule has 0 fully saturated rings. The molecule has 0 saturated carbocycles. The molecule has 20 heavy (non-hydrogen) atoms. The molecule has 1 aromatic rings. The van der Waals surface area contributed by atoms with Crippen LogP contribution in [0.2, 0.25) is 5.02 Å². The molecule has 2 rings (SSSR count). The highest BCUT2D eigenvalue weighted by Gasteiger charge is 2.24. The Kier molecular flexibility index (Phi) is 4.43. The molecule has 0 radical (unpaired) electrons. The lowest BCUT2D eigenvalue weighted by molar-refractivity contribution is 0.0951. The highest BCUT2D eigenvalue weighted by Crippen LogP contribution is 2.35. The second kappa shape index (κ2) is 5.77. The average Bonchev–Trinajstić information content (AvgIpc) is 2.72. The SMILES string of the molecule is CC(CC(=O)c1cc(Cl)cc2c1OCC2)CC(C)(C)C. The van der Waals surface area contributed by atoms with E-state index in [-0.39, 0.29) is 11.2 Å². The number of benzene rings is 1. The first-order valence-corrected chi connectivity index (χ1v) is 7.62. The molecule has 1 aliphatic rings. The van der Waals surface area contributed by atoms with Gasteiger partial charge in [0.25, 0.3) is 0 Å². The third-order valence-corrected chi connectivity index (χ3v) is 3.76. The molecule has 1 unspecified atom stereocenters. The second-order valence-corrected chi connectivity index (χ2v) is 7.47. The van der Waals surface area contributed by atoms with Crippen LogP contribution in [-0.2, 0) is 6.42 Å². The predicted molar refractivity (Wildman–Crippen MR) is 82.8 cm³/mol. The van der Waals surface area contributed by atoms with Gasteiger partial charge in [-0.1, -0.05) is 39.3 Å². The van der Waals surface area contributed by atoms with Crippen LogP contribution < -0.4 is 4.74 Å². The molecular weight excluding hydrogens is 272 g/mol. The van der Waals surface area contributed by atoms with E-state index in [9.17, 15) is 4.79 Å². The Hall–Kier alpha value is -1.02. The largest absolute Gasteiger partial charge is 0.492 e. The van der Waals surface area contributed by atoms with Crippen LogP contribution in [0.4, 0.5) is 0 Å². The second-order valence-electron chi connectivity index (χ2n) is 7.04. The van der Waals surface area contributed by atoms with Crippen LogP contribution in [0, 0.1) is 11.3 Å². The Morgan fingerprint density at radius 1 is 1.40 bits per heavy atom. The van der Waals surface area contributed by atoms with Crippen LogP contribution >= 0.6 is 11.6 Å². The Morgan fingerprint density at radius 2 is 2.10 bits per heavy atom. The number of halogens is 1. The maximum absolute atomic E-state index is 12.5. The lowest BCUT2D eigenvalue weighted by Gasteiger charge is -2.23. The van der Waals surface area contributed by atoms with E-state index < -0.39 is 0 Å². The maximum atomic E-state index is 12.5. The number of Topliss-reactive ketones (excluding diaryl/α,β-unsaturated/α-hetero) is 1. The normalized spacial score (nSPS) is 15.7. The van der Waals surface area contributed by atoms with E-state index in [4.69, 9.17) is 16.3 Å². The van der Waals surface area contributed by atoms with Crippen LogP contribution in [0.1, 0.15) is 56.5 Å². The number of carbonyl (C=O) groups excluding carboxylic acids is 1. The van der Waals surface area contributed by atoms with Crippen LogP contribution in [0.15, 0.2) is 12.1 Å². The van der Waals surface area contributed by atoms with Crippen LogP contribution in [0.25, 0.3) is 0 Å². The van der Waals surface area contributed by atoms with Crippen molar-refractivity contribution in [2.75, 3.05) is 6.61 Å². The monoisotopic (exact) mass is 294 g/mol. The molecule has 0 N–H and O–H groups in total. The molecule has 1 aromatic carbocycles. The third-order valence-electron chi connectivity index (χ3n) is 3.54. The zero-order valence-electron chi connectivity index (χ0n) is 12.8.